The maximum atomic E-state index is 13.1. The molecule has 5 nitrogen and oxygen atoms in total. The molecule has 1 aromatic carbocycles. The van der Waals surface area contributed by atoms with Crippen LogP contribution in [0, 0.1) is 5.41 Å². The second-order valence-corrected chi connectivity index (χ2v) is 6.00. The number of nitrogens with two attached hydrogens (primary N) is 1. The van der Waals surface area contributed by atoms with Gasteiger partial charge in [0, 0.05) is 6.54 Å². The molecule has 21 heavy (non-hydrogen) atoms. The first-order valence-corrected chi connectivity index (χ1v) is 7.57. The van der Waals surface area contributed by atoms with E-state index >= 15 is 0 Å². The number of nitrogens with zero attached hydrogens (tertiary/aromatic N) is 1. The van der Waals surface area contributed by atoms with Gasteiger partial charge in [-0.25, -0.2) is 0 Å². The number of amides is 2. The maximum Gasteiger partial charge on any atom is 0.244 e. The van der Waals surface area contributed by atoms with Gasteiger partial charge in [-0.15, -0.1) is 0 Å². The Balaban J connectivity index is 1.95. The predicted octanol–water partition coefficient (Wildman–Crippen LogP) is 1.88. The van der Waals surface area contributed by atoms with Crippen molar-refractivity contribution in [1.82, 2.24) is 0 Å². The van der Waals surface area contributed by atoms with Crippen molar-refractivity contribution < 1.29 is 9.59 Å². The first kappa shape index (κ1) is 14.1. The summed E-state index contributed by atoms with van der Waals surface area (Å²) in [5.41, 5.74) is 6.93. The minimum Gasteiger partial charge on any atom is -0.329 e. The molecule has 0 saturated heterocycles. The Morgan fingerprint density at radius 2 is 1.95 bits per heavy atom. The third kappa shape index (κ3) is 2.42. The summed E-state index contributed by atoms with van der Waals surface area (Å²) in [6.45, 7) is 0.434. The highest BCUT2D eigenvalue weighted by Gasteiger charge is 2.43. The standard InChI is InChI=1S/C16H21N3O2/c17-11-16(8-4-1-5-9-16)15(21)19-10-14(20)18-12-6-2-3-7-13(12)19/h2-3,6-7H,1,4-5,8-11,17H2,(H,18,20). The van der Waals surface area contributed by atoms with Crippen LogP contribution in [-0.2, 0) is 9.59 Å². The average Bonchev–Trinajstić information content (AvgIpc) is 2.54. The van der Waals surface area contributed by atoms with Crippen LogP contribution in [0.15, 0.2) is 24.3 Å². The Hall–Kier alpha value is -1.88. The summed E-state index contributed by atoms with van der Waals surface area (Å²) in [6, 6.07) is 7.43. The molecule has 1 saturated carbocycles. The molecule has 0 atom stereocenters. The van der Waals surface area contributed by atoms with Crippen molar-refractivity contribution in [1.29, 1.82) is 0 Å². The monoisotopic (exact) mass is 287 g/mol. The molecule has 0 bridgehead atoms. The van der Waals surface area contributed by atoms with E-state index in [4.69, 9.17) is 5.73 Å². The van der Waals surface area contributed by atoms with Crippen molar-refractivity contribution in [2.45, 2.75) is 32.1 Å². The molecule has 2 amide bonds. The minimum atomic E-state index is -0.497. The number of benzene rings is 1. The molecule has 1 aliphatic heterocycles. The predicted molar refractivity (Wildman–Crippen MR) is 82.0 cm³/mol. The molecule has 0 unspecified atom stereocenters. The molecule has 1 heterocycles. The molecular formula is C16H21N3O2. The van der Waals surface area contributed by atoms with Crippen LogP contribution >= 0.6 is 0 Å². The van der Waals surface area contributed by atoms with Gasteiger partial charge in [0.2, 0.25) is 11.8 Å². The number of para-hydroxylation sites is 2. The van der Waals surface area contributed by atoms with Gasteiger partial charge >= 0.3 is 0 Å². The Morgan fingerprint density at radius 1 is 1.24 bits per heavy atom. The molecule has 0 aromatic heterocycles. The van der Waals surface area contributed by atoms with Crippen LogP contribution in [-0.4, -0.2) is 24.9 Å². The largest absolute Gasteiger partial charge is 0.329 e. The molecule has 0 radical (unpaired) electrons. The molecule has 1 aliphatic carbocycles. The number of anilines is 2. The molecular weight excluding hydrogens is 266 g/mol. The lowest BCUT2D eigenvalue weighted by atomic mass is 9.73. The summed E-state index contributed by atoms with van der Waals surface area (Å²) in [5, 5.41) is 2.81. The first-order valence-electron chi connectivity index (χ1n) is 7.57. The summed E-state index contributed by atoms with van der Waals surface area (Å²) >= 11 is 0. The highest BCUT2D eigenvalue weighted by molar-refractivity contribution is 6.11. The van der Waals surface area contributed by atoms with Gasteiger partial charge in [-0.2, -0.15) is 0 Å². The fraction of sp³-hybridized carbons (Fsp3) is 0.500. The highest BCUT2D eigenvalue weighted by Crippen LogP contribution is 2.40. The molecule has 112 valence electrons. The van der Waals surface area contributed by atoms with Crippen molar-refractivity contribution in [3.05, 3.63) is 24.3 Å². The van der Waals surface area contributed by atoms with E-state index in [-0.39, 0.29) is 18.4 Å². The lowest BCUT2D eigenvalue weighted by Gasteiger charge is -2.40. The number of nitrogens with one attached hydrogen (secondary N) is 1. The Kier molecular flexibility index (Phi) is 3.68. The maximum absolute atomic E-state index is 13.1. The number of fused-ring (bicyclic) bond motifs is 1. The molecule has 5 heteroatoms. The SMILES string of the molecule is NCC1(C(=O)N2CC(=O)Nc3ccccc32)CCCCC1. The van der Waals surface area contributed by atoms with Crippen molar-refractivity contribution in [3.63, 3.8) is 0 Å². The Labute approximate surface area is 124 Å². The van der Waals surface area contributed by atoms with E-state index in [9.17, 15) is 9.59 Å². The highest BCUT2D eigenvalue weighted by atomic mass is 16.2. The summed E-state index contributed by atoms with van der Waals surface area (Å²) in [7, 11) is 0. The van der Waals surface area contributed by atoms with Crippen molar-refractivity contribution in [2.24, 2.45) is 11.1 Å². The van der Waals surface area contributed by atoms with Crippen LogP contribution in [0.3, 0.4) is 0 Å². The van der Waals surface area contributed by atoms with E-state index in [1.165, 1.54) is 0 Å². The van der Waals surface area contributed by atoms with Crippen LogP contribution in [0.25, 0.3) is 0 Å². The lowest BCUT2D eigenvalue weighted by molar-refractivity contribution is -0.131. The molecule has 1 fully saturated rings. The zero-order chi connectivity index (χ0) is 14.9. The van der Waals surface area contributed by atoms with Gasteiger partial charge in [0.05, 0.1) is 16.8 Å². The van der Waals surface area contributed by atoms with Crippen molar-refractivity contribution >= 4 is 23.2 Å². The normalized spacial score (nSPS) is 20.6. The summed E-state index contributed by atoms with van der Waals surface area (Å²) in [4.78, 5) is 26.6. The smallest absolute Gasteiger partial charge is 0.244 e. The van der Waals surface area contributed by atoms with E-state index in [2.05, 4.69) is 5.32 Å². The van der Waals surface area contributed by atoms with Gasteiger partial charge in [0.25, 0.3) is 0 Å². The van der Waals surface area contributed by atoms with Crippen LogP contribution in [0.4, 0.5) is 11.4 Å². The third-order valence-electron chi connectivity index (χ3n) is 4.67. The van der Waals surface area contributed by atoms with E-state index in [0.717, 1.165) is 37.8 Å². The zero-order valence-electron chi connectivity index (χ0n) is 12.1. The van der Waals surface area contributed by atoms with Gasteiger partial charge in [-0.05, 0) is 25.0 Å². The molecule has 3 N–H and O–H groups in total. The molecule has 2 aliphatic rings. The zero-order valence-corrected chi connectivity index (χ0v) is 12.1. The third-order valence-corrected chi connectivity index (χ3v) is 4.67. The van der Waals surface area contributed by atoms with E-state index < -0.39 is 5.41 Å². The van der Waals surface area contributed by atoms with Gasteiger partial charge in [-0.3, -0.25) is 9.59 Å². The second kappa shape index (κ2) is 5.48. The minimum absolute atomic E-state index is 0.00648. The van der Waals surface area contributed by atoms with Crippen LogP contribution in [0.2, 0.25) is 0 Å². The second-order valence-electron chi connectivity index (χ2n) is 6.00. The van der Waals surface area contributed by atoms with Gasteiger partial charge < -0.3 is 16.0 Å². The Morgan fingerprint density at radius 3 is 2.67 bits per heavy atom. The number of carbonyl (C=O) groups excluding carboxylic acids is 2. The lowest BCUT2D eigenvalue weighted by Crippen LogP contribution is -2.52. The topological polar surface area (TPSA) is 75.4 Å². The Bertz CT molecular complexity index is 564. The van der Waals surface area contributed by atoms with E-state index in [0.29, 0.717) is 12.2 Å². The first-order chi connectivity index (χ1) is 10.2. The fourth-order valence-electron chi connectivity index (χ4n) is 3.43. The average molecular weight is 287 g/mol. The summed E-state index contributed by atoms with van der Waals surface area (Å²) in [5.74, 6) is -0.142. The molecule has 0 spiro atoms. The van der Waals surface area contributed by atoms with Gasteiger partial charge in [0.1, 0.15) is 6.54 Å². The van der Waals surface area contributed by atoms with Crippen LogP contribution in [0.1, 0.15) is 32.1 Å². The van der Waals surface area contributed by atoms with Gasteiger partial charge in [-0.1, -0.05) is 31.4 Å². The van der Waals surface area contributed by atoms with Crippen molar-refractivity contribution in [3.8, 4) is 0 Å². The fourth-order valence-corrected chi connectivity index (χ4v) is 3.43. The van der Waals surface area contributed by atoms with Crippen LogP contribution in [0.5, 0.6) is 0 Å². The quantitative estimate of drug-likeness (QED) is 0.872. The summed E-state index contributed by atoms with van der Waals surface area (Å²) < 4.78 is 0. The van der Waals surface area contributed by atoms with Crippen molar-refractivity contribution in [2.75, 3.05) is 23.3 Å². The molecule has 3 rings (SSSR count). The number of carbonyl (C=O) groups is 2. The van der Waals surface area contributed by atoms with Crippen LogP contribution < -0.4 is 16.0 Å². The number of rotatable bonds is 2. The van der Waals surface area contributed by atoms with E-state index in [1.54, 1.807) is 4.90 Å². The molecule has 1 aromatic rings. The summed E-state index contributed by atoms with van der Waals surface area (Å²) in [6.07, 6.45) is 4.87. The number of hydrogen-bond acceptors (Lipinski definition) is 3. The van der Waals surface area contributed by atoms with Gasteiger partial charge in [0.15, 0.2) is 0 Å². The number of hydrogen-bond donors (Lipinski definition) is 2. The van der Waals surface area contributed by atoms with E-state index in [1.807, 2.05) is 24.3 Å².